The van der Waals surface area contributed by atoms with E-state index in [0.717, 1.165) is 12.8 Å². The number of carbonyl (C=O) groups excluding carboxylic acids is 4. The molecule has 306 valence electrons. The summed E-state index contributed by atoms with van der Waals surface area (Å²) in [6.07, 6.45) is 4.59. The summed E-state index contributed by atoms with van der Waals surface area (Å²) in [7, 11) is -2.52. The van der Waals surface area contributed by atoms with Gasteiger partial charge < -0.3 is 29.7 Å². The summed E-state index contributed by atoms with van der Waals surface area (Å²) in [5, 5.41) is 6.06. The van der Waals surface area contributed by atoms with Gasteiger partial charge in [-0.05, 0) is 98.3 Å². The second-order valence-electron chi connectivity index (χ2n) is 16.8. The first-order valence-corrected chi connectivity index (χ1v) is 20.9. The number of alkyl halides is 1. The van der Waals surface area contributed by atoms with Crippen LogP contribution in [-0.2, 0) is 29.1 Å². The number of ether oxygens (including phenoxy) is 3. The summed E-state index contributed by atoms with van der Waals surface area (Å²) in [4.78, 5) is 62.0. The number of fused-ring (bicyclic) bond motifs is 3. The van der Waals surface area contributed by atoms with Crippen molar-refractivity contribution in [1.29, 1.82) is 0 Å². The van der Waals surface area contributed by atoms with Gasteiger partial charge in [-0.2, -0.15) is 0 Å². The lowest BCUT2D eigenvalue weighted by Crippen LogP contribution is -2.58. The van der Waals surface area contributed by atoms with Crippen LogP contribution in [0.25, 0.3) is 10.9 Å². The molecule has 3 fully saturated rings. The van der Waals surface area contributed by atoms with E-state index in [1.54, 1.807) is 52.8 Å². The molecule has 2 aliphatic carbocycles. The van der Waals surface area contributed by atoms with Gasteiger partial charge in [-0.15, -0.1) is 0 Å². The van der Waals surface area contributed by atoms with E-state index in [-0.39, 0.29) is 37.1 Å². The normalized spacial score (nSPS) is 27.1. The number of hydrogen-bond acceptors (Lipinski definition) is 10. The summed E-state index contributed by atoms with van der Waals surface area (Å²) in [6.45, 7) is 9.66. The smallest absolute Gasteiger partial charge is 0.408 e. The topological polar surface area (TPSA) is 182 Å². The van der Waals surface area contributed by atoms with Crippen molar-refractivity contribution in [3.63, 3.8) is 0 Å². The van der Waals surface area contributed by atoms with Crippen LogP contribution in [0.5, 0.6) is 11.5 Å². The Hall–Kier alpha value is -4.47. The summed E-state index contributed by atoms with van der Waals surface area (Å²) in [6, 6.07) is 2.87. The molecule has 2 aromatic rings. The van der Waals surface area contributed by atoms with Gasteiger partial charge in [-0.3, -0.25) is 19.1 Å². The number of allylic oxidation sites excluding steroid dienone is 1. The third-order valence-corrected chi connectivity index (χ3v) is 13.4. The number of aryl methyl sites for hydroxylation is 1. The zero-order valence-corrected chi connectivity index (χ0v) is 34.0. The van der Waals surface area contributed by atoms with Gasteiger partial charge >= 0.3 is 6.09 Å². The second-order valence-corrected chi connectivity index (χ2v) is 19.0. The highest BCUT2D eigenvalue weighted by atomic mass is 32.2. The number of pyridine rings is 1. The van der Waals surface area contributed by atoms with E-state index >= 15 is 4.39 Å². The van der Waals surface area contributed by atoms with Crippen molar-refractivity contribution >= 4 is 44.7 Å². The van der Waals surface area contributed by atoms with Crippen molar-refractivity contribution in [2.45, 2.75) is 140 Å². The van der Waals surface area contributed by atoms with Gasteiger partial charge in [0.05, 0.1) is 29.6 Å². The van der Waals surface area contributed by atoms with Crippen LogP contribution in [0, 0.1) is 12.8 Å². The standard InChI is InChI=1S/C40H54FN5O9S/c1-23(41)32-28-19-26(53-7)15-16-29(28)42-24(2)33(32)54-27-20-31-34(47)44-40(36(49)45-56(51,52)39(6)17-18-39)21-25(40)13-11-9-8-10-12-14-30(35(48)46(31)22-27)43-37(50)55-38(3,4)5/h11,13,15-16,19,23,25,27,30-31H,8-10,12,14,17-18,20-22H2,1-7H3,(H,43,50)(H,44,47)(H,45,49). The first-order chi connectivity index (χ1) is 26.3. The number of aromatic nitrogens is 1. The molecule has 1 aromatic heterocycles. The molecule has 3 N–H and O–H groups in total. The van der Waals surface area contributed by atoms with Crippen LogP contribution in [0.15, 0.2) is 30.4 Å². The molecule has 1 saturated heterocycles. The highest BCUT2D eigenvalue weighted by molar-refractivity contribution is 7.91. The number of alkyl carbamates (subject to hydrolysis) is 1. The van der Waals surface area contributed by atoms with Crippen LogP contribution in [0.2, 0.25) is 0 Å². The lowest BCUT2D eigenvalue weighted by Gasteiger charge is -2.30. The molecule has 14 nitrogen and oxygen atoms in total. The number of halogens is 1. The minimum Gasteiger partial charge on any atom is -0.497 e. The van der Waals surface area contributed by atoms with E-state index < -0.39 is 80.0 Å². The molecule has 3 heterocycles. The van der Waals surface area contributed by atoms with Gasteiger partial charge in [-0.1, -0.05) is 25.0 Å². The maximum absolute atomic E-state index is 15.5. The molecule has 16 heteroatoms. The molecule has 56 heavy (non-hydrogen) atoms. The Morgan fingerprint density at radius 1 is 1.14 bits per heavy atom. The van der Waals surface area contributed by atoms with E-state index in [2.05, 4.69) is 20.3 Å². The van der Waals surface area contributed by atoms with Crippen LogP contribution in [0.3, 0.4) is 0 Å². The first-order valence-electron chi connectivity index (χ1n) is 19.4. The zero-order valence-electron chi connectivity index (χ0n) is 33.2. The van der Waals surface area contributed by atoms with Crippen LogP contribution in [0.1, 0.15) is 110 Å². The second kappa shape index (κ2) is 15.5. The van der Waals surface area contributed by atoms with E-state index in [1.807, 2.05) is 12.2 Å². The van der Waals surface area contributed by atoms with E-state index in [0.29, 0.717) is 48.0 Å². The van der Waals surface area contributed by atoms with E-state index in [9.17, 15) is 27.6 Å². The maximum Gasteiger partial charge on any atom is 0.408 e. The number of hydrogen-bond donors (Lipinski definition) is 3. The van der Waals surface area contributed by atoms with Crippen molar-refractivity contribution < 1.29 is 46.2 Å². The summed E-state index contributed by atoms with van der Waals surface area (Å²) in [5.41, 5.74) is -1.22. The van der Waals surface area contributed by atoms with Crippen LogP contribution in [-0.4, -0.2) is 89.8 Å². The number of nitrogens with one attached hydrogen (secondary N) is 3. The van der Waals surface area contributed by atoms with E-state index in [1.165, 1.54) is 18.9 Å². The third-order valence-electron chi connectivity index (χ3n) is 11.2. The van der Waals surface area contributed by atoms with Crippen molar-refractivity contribution in [2.75, 3.05) is 13.7 Å². The molecular formula is C40H54FN5O9S. The fraction of sp³-hybridized carbons (Fsp3) is 0.625. The first kappa shape index (κ1) is 41.2. The summed E-state index contributed by atoms with van der Waals surface area (Å²) < 4.78 is 60.5. The van der Waals surface area contributed by atoms with Crippen molar-refractivity contribution in [1.82, 2.24) is 25.2 Å². The predicted molar refractivity (Wildman–Crippen MR) is 206 cm³/mol. The zero-order chi connectivity index (χ0) is 40.8. The Morgan fingerprint density at radius 2 is 1.88 bits per heavy atom. The van der Waals surface area contributed by atoms with Gasteiger partial charge in [0.1, 0.15) is 47.0 Å². The fourth-order valence-corrected chi connectivity index (χ4v) is 8.92. The quantitative estimate of drug-likeness (QED) is 0.300. The highest BCUT2D eigenvalue weighted by Crippen LogP contribution is 2.48. The number of amides is 4. The van der Waals surface area contributed by atoms with Crippen LogP contribution < -0.4 is 24.8 Å². The number of benzene rings is 1. The molecular weight excluding hydrogens is 746 g/mol. The van der Waals surface area contributed by atoms with Gasteiger partial charge in [0.25, 0.3) is 5.91 Å². The molecule has 6 rings (SSSR count). The Balaban J connectivity index is 1.35. The number of methoxy groups -OCH3 is 1. The molecule has 2 aliphatic heterocycles. The van der Waals surface area contributed by atoms with Crippen LogP contribution in [0.4, 0.5) is 9.18 Å². The number of sulfonamides is 1. The van der Waals surface area contributed by atoms with Crippen molar-refractivity contribution in [3.8, 4) is 11.5 Å². The molecule has 0 bridgehead atoms. The van der Waals surface area contributed by atoms with Gasteiger partial charge in [0.15, 0.2) is 0 Å². The lowest BCUT2D eigenvalue weighted by atomic mass is 10.0. The third kappa shape index (κ3) is 8.59. The van der Waals surface area contributed by atoms with Gasteiger partial charge in [-0.25, -0.2) is 22.6 Å². The minimum atomic E-state index is -4.02. The van der Waals surface area contributed by atoms with Gasteiger partial charge in [0.2, 0.25) is 21.8 Å². The molecule has 1 aromatic carbocycles. The Labute approximate surface area is 327 Å². The highest BCUT2D eigenvalue weighted by Gasteiger charge is 2.63. The molecule has 6 atom stereocenters. The van der Waals surface area contributed by atoms with Crippen molar-refractivity contribution in [2.24, 2.45) is 5.92 Å². The molecule has 0 radical (unpaired) electrons. The van der Waals surface area contributed by atoms with Crippen LogP contribution >= 0.6 is 0 Å². The van der Waals surface area contributed by atoms with E-state index in [4.69, 9.17) is 14.2 Å². The lowest BCUT2D eigenvalue weighted by molar-refractivity contribution is -0.141. The predicted octanol–water partition coefficient (Wildman–Crippen LogP) is 5.22. The summed E-state index contributed by atoms with van der Waals surface area (Å²) in [5.74, 6) is -1.88. The molecule has 2 saturated carbocycles. The number of nitrogens with zero attached hydrogens (tertiary/aromatic N) is 2. The fourth-order valence-electron chi connectivity index (χ4n) is 7.61. The molecule has 4 amide bonds. The molecule has 0 spiro atoms. The average Bonchev–Trinajstić information content (AvgIpc) is 3.99. The number of carbonyl (C=O) groups is 4. The number of rotatable bonds is 8. The Bertz CT molecular complexity index is 2030. The van der Waals surface area contributed by atoms with Crippen molar-refractivity contribution in [3.05, 3.63) is 41.6 Å². The van der Waals surface area contributed by atoms with Gasteiger partial charge in [0, 0.05) is 23.3 Å². The Morgan fingerprint density at radius 3 is 2.54 bits per heavy atom. The summed E-state index contributed by atoms with van der Waals surface area (Å²) >= 11 is 0. The Kier molecular flexibility index (Phi) is 11.4. The average molecular weight is 800 g/mol. The largest absolute Gasteiger partial charge is 0.497 e. The maximum atomic E-state index is 15.5. The minimum absolute atomic E-state index is 0.0546. The molecule has 4 aliphatic rings. The molecule has 6 unspecified atom stereocenters. The SMILES string of the molecule is COc1ccc2nc(C)c(OC3CC4C(=O)NC5(C(=O)NS(=O)(=O)C6(C)CC6)CC5C=CCCCCCC(NC(=O)OC(C)(C)C)C(=O)N4C3)c(C(C)F)c2c1. The monoisotopic (exact) mass is 799 g/mol.